The minimum Gasteiger partial charge on any atom is -0.398 e. The maximum Gasteiger partial charge on any atom is 0.251 e. The van der Waals surface area contributed by atoms with Crippen LogP contribution in [0.1, 0.15) is 28.2 Å². The van der Waals surface area contributed by atoms with Gasteiger partial charge in [0.2, 0.25) is 0 Å². The lowest BCUT2D eigenvalue weighted by Gasteiger charge is -2.12. The van der Waals surface area contributed by atoms with Gasteiger partial charge in [0.15, 0.2) is 0 Å². The Labute approximate surface area is 125 Å². The van der Waals surface area contributed by atoms with E-state index in [-0.39, 0.29) is 11.9 Å². The highest BCUT2D eigenvalue weighted by Crippen LogP contribution is 2.27. The molecule has 0 aliphatic carbocycles. The predicted molar refractivity (Wildman–Crippen MR) is 81.1 cm³/mol. The van der Waals surface area contributed by atoms with E-state index in [4.69, 9.17) is 28.9 Å². The molecule has 1 atom stereocenters. The van der Waals surface area contributed by atoms with Crippen molar-refractivity contribution in [2.45, 2.75) is 13.0 Å². The smallest absolute Gasteiger partial charge is 0.251 e. The Kier molecular flexibility index (Phi) is 4.34. The van der Waals surface area contributed by atoms with Gasteiger partial charge in [-0.2, -0.15) is 0 Å². The molecule has 0 aliphatic heterocycles. The fourth-order valence-electron chi connectivity index (χ4n) is 1.60. The van der Waals surface area contributed by atoms with Gasteiger partial charge in [0.1, 0.15) is 0 Å². The second kappa shape index (κ2) is 5.82. The van der Waals surface area contributed by atoms with E-state index in [9.17, 15) is 4.79 Å². The molecule has 3 N–H and O–H groups in total. The minimum absolute atomic E-state index is 0.109. The van der Waals surface area contributed by atoms with Crippen LogP contribution in [-0.4, -0.2) is 5.91 Å². The van der Waals surface area contributed by atoms with E-state index in [1.54, 1.807) is 18.2 Å². The number of rotatable bonds is 3. The molecule has 1 amide bonds. The van der Waals surface area contributed by atoms with Crippen molar-refractivity contribution >= 4 is 46.1 Å². The summed E-state index contributed by atoms with van der Waals surface area (Å²) in [6, 6.07) is 8.41. The zero-order chi connectivity index (χ0) is 14.0. The van der Waals surface area contributed by atoms with Crippen molar-refractivity contribution in [3.8, 4) is 0 Å². The number of carbonyl (C=O) groups is 1. The number of thiophene rings is 1. The van der Waals surface area contributed by atoms with Gasteiger partial charge in [-0.15, -0.1) is 11.3 Å². The normalized spacial score (nSPS) is 12.2. The van der Waals surface area contributed by atoms with Crippen molar-refractivity contribution in [1.82, 2.24) is 5.32 Å². The summed E-state index contributed by atoms with van der Waals surface area (Å²) < 4.78 is 0.701. The maximum atomic E-state index is 12.1. The zero-order valence-electron chi connectivity index (χ0n) is 10.1. The molecule has 0 radical (unpaired) electrons. The molecule has 1 heterocycles. The number of amides is 1. The van der Waals surface area contributed by atoms with Gasteiger partial charge in [0, 0.05) is 10.4 Å². The molecule has 100 valence electrons. The summed E-state index contributed by atoms with van der Waals surface area (Å²) in [5, 5.41) is 3.33. The first-order chi connectivity index (χ1) is 8.97. The predicted octanol–water partition coefficient (Wildman–Crippen LogP) is 4.13. The first-order valence-electron chi connectivity index (χ1n) is 5.58. The molecule has 1 unspecified atom stereocenters. The van der Waals surface area contributed by atoms with Gasteiger partial charge in [0.05, 0.1) is 21.1 Å². The molecular weight excluding hydrogens is 303 g/mol. The quantitative estimate of drug-likeness (QED) is 0.837. The summed E-state index contributed by atoms with van der Waals surface area (Å²) in [7, 11) is 0. The van der Waals surface area contributed by atoms with Crippen LogP contribution in [0.25, 0.3) is 0 Å². The van der Waals surface area contributed by atoms with Gasteiger partial charge < -0.3 is 11.1 Å². The van der Waals surface area contributed by atoms with Crippen molar-refractivity contribution in [2.75, 3.05) is 5.73 Å². The monoisotopic (exact) mass is 314 g/mol. The summed E-state index contributed by atoms with van der Waals surface area (Å²) in [4.78, 5) is 13.1. The number of hydrogen-bond donors (Lipinski definition) is 2. The molecule has 19 heavy (non-hydrogen) atoms. The second-order valence-electron chi connectivity index (χ2n) is 4.07. The summed E-state index contributed by atoms with van der Waals surface area (Å²) in [6.07, 6.45) is 0. The number of nitrogens with one attached hydrogen (secondary N) is 1. The third-order valence-corrected chi connectivity index (χ3v) is 4.38. The first-order valence-corrected chi connectivity index (χ1v) is 7.15. The van der Waals surface area contributed by atoms with Crippen LogP contribution in [0, 0.1) is 0 Å². The third kappa shape index (κ3) is 3.41. The second-order valence-corrected chi connectivity index (χ2v) is 6.23. The fraction of sp³-hybridized carbons (Fsp3) is 0.154. The maximum absolute atomic E-state index is 12.1. The minimum atomic E-state index is -0.194. The standard InChI is InChI=1S/C13H12Cl2N2OS/c1-7(11-4-5-12(15)19-11)17-13(18)8-2-3-9(14)10(16)6-8/h2-7H,16H2,1H3,(H,17,18). The molecule has 0 fully saturated rings. The summed E-state index contributed by atoms with van der Waals surface area (Å²) in [5.74, 6) is -0.194. The van der Waals surface area contributed by atoms with Gasteiger partial charge in [0.25, 0.3) is 5.91 Å². The van der Waals surface area contributed by atoms with Crippen LogP contribution in [0.15, 0.2) is 30.3 Å². The van der Waals surface area contributed by atoms with Crippen molar-refractivity contribution in [2.24, 2.45) is 0 Å². The molecular formula is C13H12Cl2N2OS. The van der Waals surface area contributed by atoms with Crippen LogP contribution in [0.5, 0.6) is 0 Å². The molecule has 1 aromatic carbocycles. The van der Waals surface area contributed by atoms with Crippen LogP contribution in [-0.2, 0) is 0 Å². The van der Waals surface area contributed by atoms with Crippen LogP contribution < -0.4 is 11.1 Å². The highest BCUT2D eigenvalue weighted by Gasteiger charge is 2.13. The van der Waals surface area contributed by atoms with E-state index in [1.165, 1.54) is 11.3 Å². The lowest BCUT2D eigenvalue weighted by atomic mass is 10.1. The van der Waals surface area contributed by atoms with Crippen LogP contribution in [0.4, 0.5) is 5.69 Å². The molecule has 6 heteroatoms. The van der Waals surface area contributed by atoms with Crippen LogP contribution in [0.3, 0.4) is 0 Å². The van der Waals surface area contributed by atoms with E-state index < -0.39 is 0 Å². The number of nitrogens with two attached hydrogens (primary N) is 1. The third-order valence-electron chi connectivity index (χ3n) is 2.63. The highest BCUT2D eigenvalue weighted by molar-refractivity contribution is 7.16. The topological polar surface area (TPSA) is 55.1 Å². The van der Waals surface area contributed by atoms with E-state index in [2.05, 4.69) is 5.32 Å². The average molecular weight is 315 g/mol. The van der Waals surface area contributed by atoms with Crippen LogP contribution >= 0.6 is 34.5 Å². The van der Waals surface area contributed by atoms with Crippen molar-refractivity contribution < 1.29 is 4.79 Å². The van der Waals surface area contributed by atoms with Gasteiger partial charge >= 0.3 is 0 Å². The van der Waals surface area contributed by atoms with Crippen molar-refractivity contribution in [3.05, 3.63) is 50.1 Å². The number of anilines is 1. The Bertz CT molecular complexity index is 612. The van der Waals surface area contributed by atoms with E-state index in [0.29, 0.717) is 20.6 Å². The lowest BCUT2D eigenvalue weighted by Crippen LogP contribution is -2.26. The number of carbonyl (C=O) groups excluding carboxylic acids is 1. The Morgan fingerprint density at radius 3 is 2.63 bits per heavy atom. The summed E-state index contributed by atoms with van der Waals surface area (Å²) in [5.41, 5.74) is 6.55. The summed E-state index contributed by atoms with van der Waals surface area (Å²) in [6.45, 7) is 1.90. The van der Waals surface area contributed by atoms with E-state index in [0.717, 1.165) is 4.88 Å². The van der Waals surface area contributed by atoms with Gasteiger partial charge in [-0.05, 0) is 37.3 Å². The summed E-state index contributed by atoms with van der Waals surface area (Å²) >= 11 is 13.1. The fourth-order valence-corrected chi connectivity index (χ4v) is 2.78. The molecule has 0 saturated carbocycles. The van der Waals surface area contributed by atoms with Gasteiger partial charge in [-0.1, -0.05) is 23.2 Å². The highest BCUT2D eigenvalue weighted by atomic mass is 35.5. The largest absolute Gasteiger partial charge is 0.398 e. The van der Waals surface area contributed by atoms with Crippen molar-refractivity contribution in [3.63, 3.8) is 0 Å². The molecule has 1 aromatic heterocycles. The molecule has 0 saturated heterocycles. The van der Waals surface area contributed by atoms with Gasteiger partial charge in [-0.25, -0.2) is 0 Å². The van der Waals surface area contributed by atoms with E-state index in [1.807, 2.05) is 19.1 Å². The van der Waals surface area contributed by atoms with E-state index >= 15 is 0 Å². The average Bonchev–Trinajstić information content (AvgIpc) is 2.79. The molecule has 0 aliphatic rings. The van der Waals surface area contributed by atoms with Crippen molar-refractivity contribution in [1.29, 1.82) is 0 Å². The van der Waals surface area contributed by atoms with Gasteiger partial charge in [-0.3, -0.25) is 4.79 Å². The number of benzene rings is 1. The Balaban J connectivity index is 2.10. The number of halogens is 2. The molecule has 0 spiro atoms. The first kappa shape index (κ1) is 14.2. The Morgan fingerprint density at radius 2 is 2.05 bits per heavy atom. The molecule has 2 aromatic rings. The number of nitrogen functional groups attached to an aromatic ring is 1. The van der Waals surface area contributed by atoms with Crippen LogP contribution in [0.2, 0.25) is 9.36 Å². The SMILES string of the molecule is CC(NC(=O)c1ccc(Cl)c(N)c1)c1ccc(Cl)s1. The molecule has 2 rings (SSSR count). The molecule has 0 bridgehead atoms. The Morgan fingerprint density at radius 1 is 1.32 bits per heavy atom. The Hall–Kier alpha value is -1.23. The molecule has 3 nitrogen and oxygen atoms in total. The zero-order valence-corrected chi connectivity index (χ0v) is 12.4. The lowest BCUT2D eigenvalue weighted by molar-refractivity contribution is 0.0940. The number of hydrogen-bond acceptors (Lipinski definition) is 3.